The van der Waals surface area contributed by atoms with Gasteiger partial charge in [-0.2, -0.15) is 19.6 Å². The summed E-state index contributed by atoms with van der Waals surface area (Å²) in [7, 11) is 0. The van der Waals surface area contributed by atoms with Crippen molar-refractivity contribution in [2.24, 2.45) is 0 Å². The predicted molar refractivity (Wildman–Crippen MR) is 150 cm³/mol. The zero-order valence-corrected chi connectivity index (χ0v) is 21.7. The maximum atomic E-state index is 9.99. The number of benzene rings is 2. The van der Waals surface area contributed by atoms with Gasteiger partial charge >= 0.3 is 0 Å². The van der Waals surface area contributed by atoms with Gasteiger partial charge in [-0.05, 0) is 23.6 Å². The molecule has 3 N–H and O–H groups in total. The van der Waals surface area contributed by atoms with Crippen LogP contribution in [0.5, 0.6) is 0 Å². The molecule has 2 aromatic carbocycles. The van der Waals surface area contributed by atoms with E-state index in [-0.39, 0.29) is 18.6 Å². The number of anilines is 2. The van der Waals surface area contributed by atoms with E-state index in [0.29, 0.717) is 25.0 Å². The lowest BCUT2D eigenvalue weighted by Gasteiger charge is -2.35. The molecule has 0 aliphatic carbocycles. The molecule has 1 saturated heterocycles. The van der Waals surface area contributed by atoms with E-state index >= 15 is 0 Å². The van der Waals surface area contributed by atoms with Gasteiger partial charge in [-0.15, -0.1) is 0 Å². The van der Waals surface area contributed by atoms with Gasteiger partial charge in [-0.3, -0.25) is 0 Å². The molecule has 5 aromatic rings. The average molecular weight is 509 g/mol. The Bertz CT molecular complexity index is 1580. The molecular weight excluding hydrogens is 476 g/mol. The van der Waals surface area contributed by atoms with E-state index in [0.717, 1.165) is 52.0 Å². The van der Waals surface area contributed by atoms with E-state index in [4.69, 9.17) is 15.0 Å². The van der Waals surface area contributed by atoms with Crippen LogP contribution in [0.15, 0.2) is 66.9 Å². The second-order valence-corrected chi connectivity index (χ2v) is 9.97. The Labute approximate surface area is 221 Å². The first-order valence-electron chi connectivity index (χ1n) is 13.1. The fourth-order valence-electron chi connectivity index (χ4n) is 5.04. The Morgan fingerprint density at radius 1 is 1.03 bits per heavy atom. The van der Waals surface area contributed by atoms with Gasteiger partial charge in [-0.1, -0.05) is 62.4 Å². The third-order valence-electron chi connectivity index (χ3n) is 7.15. The molecule has 1 fully saturated rings. The molecule has 4 heterocycles. The minimum absolute atomic E-state index is 0.0345. The monoisotopic (exact) mass is 508 g/mol. The van der Waals surface area contributed by atoms with Gasteiger partial charge in [0.15, 0.2) is 5.65 Å². The van der Waals surface area contributed by atoms with Crippen molar-refractivity contribution < 1.29 is 5.11 Å². The van der Waals surface area contributed by atoms with Crippen molar-refractivity contribution in [3.8, 4) is 11.3 Å². The number of para-hydroxylation sites is 1. The van der Waals surface area contributed by atoms with E-state index < -0.39 is 0 Å². The number of rotatable bonds is 7. The molecule has 9 nitrogen and oxygen atoms in total. The van der Waals surface area contributed by atoms with Gasteiger partial charge < -0.3 is 20.6 Å². The molecule has 0 radical (unpaired) electrons. The lowest BCUT2D eigenvalue weighted by Crippen LogP contribution is -2.53. The van der Waals surface area contributed by atoms with Crippen LogP contribution in [-0.4, -0.2) is 62.0 Å². The molecule has 1 aliphatic heterocycles. The average Bonchev–Trinajstić information content (AvgIpc) is 3.40. The first-order valence-corrected chi connectivity index (χ1v) is 13.1. The SMILES string of the molecule is CC(C)c1cnn2c(NCc3ccccc3-c3ccc4ccccc4n3)nc(N3CCNC[C@H]3CO)nc12. The Hall–Kier alpha value is -4.08. The van der Waals surface area contributed by atoms with Crippen molar-refractivity contribution in [1.29, 1.82) is 0 Å². The quantitative estimate of drug-likeness (QED) is 0.305. The number of aliphatic hydroxyl groups excluding tert-OH is 1. The summed E-state index contributed by atoms with van der Waals surface area (Å²) in [5.41, 5.74) is 5.93. The zero-order valence-electron chi connectivity index (χ0n) is 21.7. The molecule has 9 heteroatoms. The first-order chi connectivity index (χ1) is 18.6. The summed E-state index contributed by atoms with van der Waals surface area (Å²) in [4.78, 5) is 16.8. The Balaban J connectivity index is 1.37. The Morgan fingerprint density at radius 3 is 2.74 bits per heavy atom. The number of pyridine rings is 1. The fraction of sp³-hybridized carbons (Fsp3) is 0.310. The van der Waals surface area contributed by atoms with E-state index in [9.17, 15) is 5.11 Å². The number of aliphatic hydroxyl groups is 1. The van der Waals surface area contributed by atoms with Gasteiger partial charge in [-0.25, -0.2) is 4.98 Å². The fourth-order valence-corrected chi connectivity index (χ4v) is 5.04. The highest BCUT2D eigenvalue weighted by molar-refractivity contribution is 5.82. The lowest BCUT2D eigenvalue weighted by atomic mass is 10.0. The molecule has 0 saturated carbocycles. The van der Waals surface area contributed by atoms with Crippen LogP contribution < -0.4 is 15.5 Å². The van der Waals surface area contributed by atoms with E-state index in [1.165, 1.54) is 0 Å². The molecule has 1 aliphatic rings. The van der Waals surface area contributed by atoms with Crippen LogP contribution in [0, 0.1) is 0 Å². The maximum absolute atomic E-state index is 9.99. The first kappa shape index (κ1) is 24.3. The highest BCUT2D eigenvalue weighted by atomic mass is 16.3. The third-order valence-corrected chi connectivity index (χ3v) is 7.15. The van der Waals surface area contributed by atoms with E-state index in [2.05, 4.69) is 64.8 Å². The van der Waals surface area contributed by atoms with Gasteiger partial charge in [0.25, 0.3) is 0 Å². The van der Waals surface area contributed by atoms with Crippen molar-refractivity contribution >= 4 is 28.4 Å². The van der Waals surface area contributed by atoms with Crippen LogP contribution in [-0.2, 0) is 6.54 Å². The summed E-state index contributed by atoms with van der Waals surface area (Å²) in [5, 5.41) is 22.6. The molecule has 0 unspecified atom stereocenters. The molecule has 3 aromatic heterocycles. The Kier molecular flexibility index (Phi) is 6.61. The summed E-state index contributed by atoms with van der Waals surface area (Å²) in [5.74, 6) is 1.49. The van der Waals surface area contributed by atoms with Crippen molar-refractivity contribution in [3.05, 3.63) is 78.0 Å². The highest BCUT2D eigenvalue weighted by Crippen LogP contribution is 2.27. The summed E-state index contributed by atoms with van der Waals surface area (Å²) >= 11 is 0. The minimum atomic E-state index is -0.0795. The molecule has 0 bridgehead atoms. The summed E-state index contributed by atoms with van der Waals surface area (Å²) in [6, 6.07) is 20.6. The van der Waals surface area contributed by atoms with Crippen molar-refractivity contribution in [1.82, 2.24) is 29.9 Å². The van der Waals surface area contributed by atoms with Crippen molar-refractivity contribution in [2.45, 2.75) is 32.4 Å². The molecular formula is C29H32N8O. The van der Waals surface area contributed by atoms with Crippen LogP contribution in [0.2, 0.25) is 0 Å². The number of piperazine rings is 1. The number of hydrogen-bond donors (Lipinski definition) is 3. The number of fused-ring (bicyclic) bond motifs is 2. The molecule has 1 atom stereocenters. The maximum Gasteiger partial charge on any atom is 0.231 e. The van der Waals surface area contributed by atoms with Gasteiger partial charge in [0.05, 0.1) is 30.1 Å². The third kappa shape index (κ3) is 4.55. The second-order valence-electron chi connectivity index (χ2n) is 9.97. The normalized spacial score (nSPS) is 16.0. The van der Waals surface area contributed by atoms with Crippen LogP contribution >= 0.6 is 0 Å². The summed E-state index contributed by atoms with van der Waals surface area (Å²) in [6.07, 6.45) is 1.87. The Morgan fingerprint density at radius 2 is 1.87 bits per heavy atom. The van der Waals surface area contributed by atoms with E-state index in [1.807, 2.05) is 36.5 Å². The van der Waals surface area contributed by atoms with Crippen LogP contribution in [0.4, 0.5) is 11.9 Å². The van der Waals surface area contributed by atoms with Crippen LogP contribution in [0.3, 0.4) is 0 Å². The van der Waals surface area contributed by atoms with Crippen molar-refractivity contribution in [3.63, 3.8) is 0 Å². The lowest BCUT2D eigenvalue weighted by molar-refractivity contribution is 0.245. The topological polar surface area (TPSA) is 104 Å². The molecule has 194 valence electrons. The predicted octanol–water partition coefficient (Wildman–Crippen LogP) is 3.85. The largest absolute Gasteiger partial charge is 0.394 e. The number of nitrogens with zero attached hydrogens (tertiary/aromatic N) is 6. The minimum Gasteiger partial charge on any atom is -0.394 e. The molecule has 0 spiro atoms. The van der Waals surface area contributed by atoms with Crippen LogP contribution in [0.1, 0.15) is 30.9 Å². The van der Waals surface area contributed by atoms with Crippen molar-refractivity contribution in [2.75, 3.05) is 36.5 Å². The van der Waals surface area contributed by atoms with Gasteiger partial charge in [0, 0.05) is 42.7 Å². The van der Waals surface area contributed by atoms with Gasteiger partial charge in [0.2, 0.25) is 11.9 Å². The smallest absolute Gasteiger partial charge is 0.231 e. The zero-order chi connectivity index (χ0) is 26.1. The van der Waals surface area contributed by atoms with Gasteiger partial charge in [0.1, 0.15) is 0 Å². The highest BCUT2D eigenvalue weighted by Gasteiger charge is 2.26. The second kappa shape index (κ2) is 10.4. The molecule has 6 rings (SSSR count). The van der Waals surface area contributed by atoms with Crippen LogP contribution in [0.25, 0.3) is 27.8 Å². The number of aromatic nitrogens is 5. The standard InChI is InChI=1S/C29H32N8O/c1-19(2)24-17-32-37-27(24)34-29(36-14-13-30-16-22(36)18-38)35-28(37)31-15-21-8-3-5-9-23(21)26-12-11-20-7-4-6-10-25(20)33-26/h3-12,17,19,22,30,38H,13-16,18H2,1-2H3,(H,31,34,35)/t22-/m0/s1. The summed E-state index contributed by atoms with van der Waals surface area (Å²) < 4.78 is 1.78. The molecule has 38 heavy (non-hydrogen) atoms. The molecule has 0 amide bonds. The van der Waals surface area contributed by atoms with E-state index in [1.54, 1.807) is 4.52 Å². The number of nitrogens with one attached hydrogen (secondary N) is 2. The number of hydrogen-bond acceptors (Lipinski definition) is 8. The summed E-state index contributed by atoms with van der Waals surface area (Å²) in [6.45, 7) is 7.08.